The molecule has 2 N–H and O–H groups in total. The number of aliphatic hydroxyl groups is 1. The number of aliphatic hydroxyl groups excluding tert-OH is 1. The zero-order valence-corrected chi connectivity index (χ0v) is 14.6. The van der Waals surface area contributed by atoms with Crippen LogP contribution in [-0.2, 0) is 18.9 Å². The van der Waals surface area contributed by atoms with E-state index in [4.69, 9.17) is 0 Å². The summed E-state index contributed by atoms with van der Waals surface area (Å²) >= 11 is 0. The number of allylic oxidation sites excluding steroid dienone is 1. The van der Waals surface area contributed by atoms with Crippen LogP contribution < -0.4 is 11.0 Å². The Morgan fingerprint density at radius 1 is 1.33 bits per heavy atom. The summed E-state index contributed by atoms with van der Waals surface area (Å²) in [4.78, 5) is 24.0. The standard InChI is InChI=1S/C17H26N4O3/c1-10(11-5-4-6-11)16(23)18-9-13-7-12(8-14(13)22)15-19-21(3)17(24)20(15)2/h12-14,22H,4-9H2,1-3H3,(H,18,23)/t12-,13+,14+/m0/s1. The molecule has 1 aromatic heterocycles. The van der Waals surface area contributed by atoms with Gasteiger partial charge in [0.2, 0.25) is 5.91 Å². The van der Waals surface area contributed by atoms with E-state index in [2.05, 4.69) is 10.4 Å². The molecule has 0 spiro atoms. The van der Waals surface area contributed by atoms with Gasteiger partial charge in [0.1, 0.15) is 5.82 Å². The van der Waals surface area contributed by atoms with Crippen molar-refractivity contribution in [2.75, 3.05) is 6.54 Å². The lowest BCUT2D eigenvalue weighted by atomic mass is 9.88. The largest absolute Gasteiger partial charge is 0.393 e. The number of nitrogens with one attached hydrogen (secondary N) is 1. The fourth-order valence-corrected chi connectivity index (χ4v) is 3.71. The van der Waals surface area contributed by atoms with Gasteiger partial charge in [-0.3, -0.25) is 9.36 Å². The molecule has 2 fully saturated rings. The van der Waals surface area contributed by atoms with E-state index < -0.39 is 6.10 Å². The van der Waals surface area contributed by atoms with Gasteiger partial charge in [-0.1, -0.05) is 5.57 Å². The SMILES string of the molecule is CC(C(=O)NC[C@H]1C[C@H](c2nn(C)c(=O)n2C)C[C@H]1O)=C1CCC1. The number of amides is 1. The summed E-state index contributed by atoms with van der Waals surface area (Å²) in [6, 6.07) is 0. The topological polar surface area (TPSA) is 89.2 Å². The van der Waals surface area contributed by atoms with Crippen LogP contribution in [0.2, 0.25) is 0 Å². The molecule has 0 aromatic carbocycles. The third-order valence-electron chi connectivity index (χ3n) is 5.54. The maximum atomic E-state index is 12.2. The molecule has 0 bridgehead atoms. The van der Waals surface area contributed by atoms with Crippen LogP contribution in [0.4, 0.5) is 0 Å². The smallest absolute Gasteiger partial charge is 0.345 e. The Balaban J connectivity index is 1.61. The van der Waals surface area contributed by atoms with Crippen molar-refractivity contribution in [2.45, 2.75) is 51.0 Å². The minimum atomic E-state index is -0.482. The van der Waals surface area contributed by atoms with Crippen LogP contribution in [0.15, 0.2) is 15.9 Å². The molecular formula is C17H26N4O3. The fraction of sp³-hybridized carbons (Fsp3) is 0.706. The Hall–Kier alpha value is -1.89. The van der Waals surface area contributed by atoms with Crippen molar-refractivity contribution in [1.82, 2.24) is 19.7 Å². The fourth-order valence-electron chi connectivity index (χ4n) is 3.71. The molecule has 2 aliphatic rings. The number of aromatic nitrogens is 3. The monoisotopic (exact) mass is 334 g/mol. The summed E-state index contributed by atoms with van der Waals surface area (Å²) in [7, 11) is 3.34. The number of hydrogen-bond donors (Lipinski definition) is 2. The quantitative estimate of drug-likeness (QED) is 0.789. The summed E-state index contributed by atoms with van der Waals surface area (Å²) in [5.74, 6) is 0.732. The molecule has 1 heterocycles. The van der Waals surface area contributed by atoms with Crippen LogP contribution in [0.5, 0.6) is 0 Å². The molecule has 7 heteroatoms. The molecule has 0 unspecified atom stereocenters. The molecule has 0 radical (unpaired) electrons. The van der Waals surface area contributed by atoms with Crippen molar-refractivity contribution in [3.05, 3.63) is 27.5 Å². The highest BCUT2D eigenvalue weighted by molar-refractivity contribution is 5.93. The zero-order chi connectivity index (χ0) is 17.4. The number of carbonyl (C=O) groups is 1. The minimum Gasteiger partial charge on any atom is -0.393 e. The molecule has 132 valence electrons. The molecule has 0 saturated heterocycles. The number of hydrogen-bond acceptors (Lipinski definition) is 4. The predicted molar refractivity (Wildman–Crippen MR) is 89.5 cm³/mol. The van der Waals surface area contributed by atoms with E-state index >= 15 is 0 Å². The van der Waals surface area contributed by atoms with Gasteiger partial charge in [-0.05, 0) is 39.0 Å². The first-order chi connectivity index (χ1) is 11.4. The van der Waals surface area contributed by atoms with Crippen LogP contribution in [0.1, 0.15) is 50.8 Å². The minimum absolute atomic E-state index is 0.00440. The van der Waals surface area contributed by atoms with E-state index in [1.807, 2.05) is 6.92 Å². The van der Waals surface area contributed by atoms with Crippen LogP contribution in [-0.4, -0.2) is 38.0 Å². The Kier molecular flexibility index (Phi) is 4.62. The maximum Gasteiger partial charge on any atom is 0.345 e. The van der Waals surface area contributed by atoms with Gasteiger partial charge in [-0.15, -0.1) is 0 Å². The first kappa shape index (κ1) is 17.0. The van der Waals surface area contributed by atoms with Gasteiger partial charge in [-0.2, -0.15) is 5.10 Å². The lowest BCUT2D eigenvalue weighted by molar-refractivity contribution is -0.117. The highest BCUT2D eigenvalue weighted by Gasteiger charge is 2.36. The Labute approximate surface area is 141 Å². The first-order valence-electron chi connectivity index (χ1n) is 8.63. The average molecular weight is 334 g/mol. The highest BCUT2D eigenvalue weighted by atomic mass is 16.3. The Morgan fingerprint density at radius 2 is 2.04 bits per heavy atom. The summed E-state index contributed by atoms with van der Waals surface area (Å²) in [5, 5.41) is 17.6. The number of nitrogens with zero attached hydrogens (tertiary/aromatic N) is 3. The molecule has 1 aromatic rings. The lowest BCUT2D eigenvalue weighted by Crippen LogP contribution is -2.33. The van der Waals surface area contributed by atoms with Crippen LogP contribution in [0.25, 0.3) is 0 Å². The molecule has 1 amide bonds. The summed E-state index contributed by atoms with van der Waals surface area (Å²) in [5.41, 5.74) is 1.93. The van der Waals surface area contributed by atoms with Crippen LogP contribution >= 0.6 is 0 Å². The van der Waals surface area contributed by atoms with Gasteiger partial charge in [0.25, 0.3) is 0 Å². The van der Waals surface area contributed by atoms with Crippen molar-refractivity contribution < 1.29 is 9.90 Å². The van der Waals surface area contributed by atoms with Crippen molar-refractivity contribution >= 4 is 5.91 Å². The van der Waals surface area contributed by atoms with E-state index in [9.17, 15) is 14.7 Å². The molecule has 7 nitrogen and oxygen atoms in total. The second-order valence-electron chi connectivity index (χ2n) is 7.11. The van der Waals surface area contributed by atoms with Crippen molar-refractivity contribution in [1.29, 1.82) is 0 Å². The predicted octanol–water partition coefficient (Wildman–Crippen LogP) is 0.590. The van der Waals surface area contributed by atoms with E-state index in [-0.39, 0.29) is 23.4 Å². The molecule has 0 aliphatic heterocycles. The van der Waals surface area contributed by atoms with Gasteiger partial charge in [0.15, 0.2) is 0 Å². The second kappa shape index (κ2) is 6.55. The van der Waals surface area contributed by atoms with Gasteiger partial charge in [0.05, 0.1) is 6.10 Å². The van der Waals surface area contributed by atoms with Gasteiger partial charge < -0.3 is 10.4 Å². The molecule has 2 aliphatic carbocycles. The average Bonchev–Trinajstić information content (AvgIpc) is 2.98. The van der Waals surface area contributed by atoms with Crippen molar-refractivity contribution in [2.24, 2.45) is 20.0 Å². The van der Waals surface area contributed by atoms with Crippen molar-refractivity contribution in [3.63, 3.8) is 0 Å². The highest BCUT2D eigenvalue weighted by Crippen LogP contribution is 2.37. The number of carbonyl (C=O) groups excluding carboxylic acids is 1. The zero-order valence-electron chi connectivity index (χ0n) is 14.6. The van der Waals surface area contributed by atoms with E-state index in [0.29, 0.717) is 18.8 Å². The molecule has 3 atom stereocenters. The third kappa shape index (κ3) is 3.05. The first-order valence-corrected chi connectivity index (χ1v) is 8.63. The number of rotatable bonds is 4. The van der Waals surface area contributed by atoms with E-state index in [1.165, 1.54) is 16.7 Å². The van der Waals surface area contributed by atoms with Crippen LogP contribution in [0, 0.1) is 5.92 Å². The number of aryl methyl sites for hydroxylation is 1. The van der Waals surface area contributed by atoms with Gasteiger partial charge in [-0.25, -0.2) is 9.48 Å². The summed E-state index contributed by atoms with van der Waals surface area (Å²) < 4.78 is 2.87. The summed E-state index contributed by atoms with van der Waals surface area (Å²) in [6.45, 7) is 2.34. The van der Waals surface area contributed by atoms with Crippen LogP contribution in [0.3, 0.4) is 0 Å². The van der Waals surface area contributed by atoms with Gasteiger partial charge >= 0.3 is 5.69 Å². The second-order valence-corrected chi connectivity index (χ2v) is 7.11. The summed E-state index contributed by atoms with van der Waals surface area (Å²) in [6.07, 6.45) is 4.05. The van der Waals surface area contributed by atoms with E-state index in [1.54, 1.807) is 18.7 Å². The normalized spacial score (nSPS) is 26.3. The molecular weight excluding hydrogens is 308 g/mol. The molecule has 2 saturated carbocycles. The third-order valence-corrected chi connectivity index (χ3v) is 5.54. The Bertz CT molecular complexity index is 725. The lowest BCUT2D eigenvalue weighted by Gasteiger charge is -2.21. The van der Waals surface area contributed by atoms with Crippen molar-refractivity contribution in [3.8, 4) is 0 Å². The van der Waals surface area contributed by atoms with E-state index in [0.717, 1.165) is 24.8 Å². The Morgan fingerprint density at radius 3 is 2.58 bits per heavy atom. The van der Waals surface area contributed by atoms with Gasteiger partial charge in [0, 0.05) is 38.0 Å². The maximum absolute atomic E-state index is 12.2. The molecule has 24 heavy (non-hydrogen) atoms. The molecule has 3 rings (SSSR count).